The van der Waals surface area contributed by atoms with Crippen molar-refractivity contribution >= 4 is 37.8 Å². The van der Waals surface area contributed by atoms with Gasteiger partial charge in [0.15, 0.2) is 0 Å². The Morgan fingerprint density at radius 2 is 2.16 bits per heavy atom. The molecule has 3 nitrogen and oxygen atoms in total. The normalized spacial score (nSPS) is 19.5. The van der Waals surface area contributed by atoms with Crippen LogP contribution in [0.3, 0.4) is 0 Å². The molecule has 1 heterocycles. The van der Waals surface area contributed by atoms with Gasteiger partial charge in [0.2, 0.25) is 0 Å². The third kappa shape index (κ3) is 3.58. The Labute approximate surface area is 130 Å². The molecule has 1 aromatic rings. The van der Waals surface area contributed by atoms with Crippen molar-refractivity contribution in [2.24, 2.45) is 5.73 Å². The molecule has 1 aromatic carbocycles. The van der Waals surface area contributed by atoms with Crippen LogP contribution in [0.1, 0.15) is 36.0 Å². The molecule has 1 unspecified atom stereocenters. The number of hydrogen-bond donors (Lipinski definition) is 1. The number of rotatable bonds is 3. The van der Waals surface area contributed by atoms with Gasteiger partial charge in [0.25, 0.3) is 5.91 Å². The first-order valence-electron chi connectivity index (χ1n) is 6.59. The van der Waals surface area contributed by atoms with Gasteiger partial charge in [0, 0.05) is 21.5 Å². The first-order valence-corrected chi connectivity index (χ1v) is 8.18. The van der Waals surface area contributed by atoms with Gasteiger partial charge in [0.1, 0.15) is 0 Å². The summed E-state index contributed by atoms with van der Waals surface area (Å²) >= 11 is 6.89. The highest BCUT2D eigenvalue weighted by molar-refractivity contribution is 9.11. The maximum Gasteiger partial charge on any atom is 0.255 e. The van der Waals surface area contributed by atoms with Gasteiger partial charge < -0.3 is 10.6 Å². The van der Waals surface area contributed by atoms with E-state index in [1.54, 1.807) is 0 Å². The first kappa shape index (κ1) is 15.0. The van der Waals surface area contributed by atoms with Crippen molar-refractivity contribution in [1.82, 2.24) is 4.90 Å². The van der Waals surface area contributed by atoms with Gasteiger partial charge in [-0.1, -0.05) is 15.9 Å². The van der Waals surface area contributed by atoms with E-state index in [9.17, 15) is 4.79 Å². The molecule has 104 valence electrons. The average Bonchev–Trinajstić information content (AvgIpc) is 2.42. The lowest BCUT2D eigenvalue weighted by Gasteiger charge is -2.36. The highest BCUT2D eigenvalue weighted by Crippen LogP contribution is 2.27. The highest BCUT2D eigenvalue weighted by Gasteiger charge is 2.27. The number of hydrogen-bond acceptors (Lipinski definition) is 2. The number of nitrogens with zero attached hydrogens (tertiary/aromatic N) is 1. The fourth-order valence-electron chi connectivity index (χ4n) is 2.58. The summed E-state index contributed by atoms with van der Waals surface area (Å²) in [4.78, 5) is 14.7. The summed E-state index contributed by atoms with van der Waals surface area (Å²) in [5, 5.41) is 0. The molecule has 0 spiro atoms. The molecule has 1 atom stereocenters. The van der Waals surface area contributed by atoms with Crippen LogP contribution in [0.5, 0.6) is 0 Å². The van der Waals surface area contributed by atoms with E-state index in [0.717, 1.165) is 40.3 Å². The Bertz CT molecular complexity index is 463. The number of benzene rings is 1. The predicted molar refractivity (Wildman–Crippen MR) is 84.2 cm³/mol. The second-order valence-electron chi connectivity index (χ2n) is 4.85. The maximum absolute atomic E-state index is 12.7. The Hall–Kier alpha value is -0.390. The fraction of sp³-hybridized carbons (Fsp3) is 0.500. The molecule has 1 fully saturated rings. The van der Waals surface area contributed by atoms with Gasteiger partial charge in [-0.25, -0.2) is 0 Å². The van der Waals surface area contributed by atoms with Crippen LogP contribution in [0, 0.1) is 0 Å². The largest absolute Gasteiger partial charge is 0.336 e. The van der Waals surface area contributed by atoms with Gasteiger partial charge in [-0.3, -0.25) is 4.79 Å². The van der Waals surface area contributed by atoms with Crippen LogP contribution in [0.4, 0.5) is 0 Å². The lowest BCUT2D eigenvalue weighted by atomic mass is 9.98. The van der Waals surface area contributed by atoms with E-state index in [2.05, 4.69) is 31.9 Å². The van der Waals surface area contributed by atoms with Crippen LogP contribution in [-0.2, 0) is 0 Å². The molecule has 0 radical (unpaired) electrons. The van der Waals surface area contributed by atoms with E-state index < -0.39 is 0 Å². The number of carbonyl (C=O) groups is 1. The number of likely N-dealkylation sites (tertiary alicyclic amines) is 1. The predicted octanol–water partition coefficient (Wildman–Crippen LogP) is 3.56. The second kappa shape index (κ2) is 6.86. The van der Waals surface area contributed by atoms with E-state index in [1.165, 1.54) is 6.42 Å². The molecule has 0 bridgehead atoms. The van der Waals surface area contributed by atoms with E-state index in [-0.39, 0.29) is 11.9 Å². The van der Waals surface area contributed by atoms with Crippen LogP contribution < -0.4 is 5.73 Å². The van der Waals surface area contributed by atoms with Crippen LogP contribution >= 0.6 is 31.9 Å². The molecule has 0 saturated carbocycles. The molecule has 5 heteroatoms. The highest BCUT2D eigenvalue weighted by atomic mass is 79.9. The number of piperidine rings is 1. The number of amides is 1. The zero-order chi connectivity index (χ0) is 13.8. The van der Waals surface area contributed by atoms with Gasteiger partial charge >= 0.3 is 0 Å². The minimum Gasteiger partial charge on any atom is -0.336 e. The number of nitrogens with two attached hydrogens (primary N) is 1. The maximum atomic E-state index is 12.7. The van der Waals surface area contributed by atoms with Gasteiger partial charge in [-0.2, -0.15) is 0 Å². The van der Waals surface area contributed by atoms with Crippen molar-refractivity contribution < 1.29 is 4.79 Å². The molecule has 0 aromatic heterocycles. The van der Waals surface area contributed by atoms with Crippen LogP contribution in [0.15, 0.2) is 27.1 Å². The third-order valence-corrected chi connectivity index (χ3v) is 4.73. The van der Waals surface area contributed by atoms with Crippen molar-refractivity contribution in [3.8, 4) is 0 Å². The Balaban J connectivity index is 2.23. The summed E-state index contributed by atoms with van der Waals surface area (Å²) in [7, 11) is 0. The number of halogens is 2. The molecule has 1 saturated heterocycles. The standard InChI is InChI=1S/C14H18Br2N2O/c15-10-4-5-13(16)12(9-10)14(19)18-8-2-1-3-11(18)6-7-17/h4-5,9,11H,1-3,6-8,17H2. The molecule has 1 aliphatic rings. The van der Waals surface area contributed by atoms with Crippen molar-refractivity contribution in [3.05, 3.63) is 32.7 Å². The SMILES string of the molecule is NCCC1CCCCN1C(=O)c1cc(Br)ccc1Br. The molecule has 2 N–H and O–H groups in total. The van der Waals surface area contributed by atoms with Crippen LogP contribution in [0.25, 0.3) is 0 Å². The molecule has 19 heavy (non-hydrogen) atoms. The molecule has 0 aliphatic carbocycles. The van der Waals surface area contributed by atoms with Crippen LogP contribution in [0.2, 0.25) is 0 Å². The van der Waals surface area contributed by atoms with Crippen molar-refractivity contribution in [3.63, 3.8) is 0 Å². The smallest absolute Gasteiger partial charge is 0.255 e. The van der Waals surface area contributed by atoms with Gasteiger partial charge in [-0.05, 0) is 66.4 Å². The summed E-state index contributed by atoms with van der Waals surface area (Å²) in [6.07, 6.45) is 4.22. The van der Waals surface area contributed by atoms with Crippen molar-refractivity contribution in [2.75, 3.05) is 13.1 Å². The Morgan fingerprint density at radius 1 is 1.37 bits per heavy atom. The molecule has 1 amide bonds. The Kier molecular flexibility index (Phi) is 5.42. The molecule has 1 aliphatic heterocycles. The summed E-state index contributed by atoms with van der Waals surface area (Å²) in [5.41, 5.74) is 6.38. The fourth-order valence-corrected chi connectivity index (χ4v) is 3.35. The minimum absolute atomic E-state index is 0.103. The number of carbonyl (C=O) groups excluding carboxylic acids is 1. The van der Waals surface area contributed by atoms with E-state index in [0.29, 0.717) is 6.54 Å². The molecule has 2 rings (SSSR count). The van der Waals surface area contributed by atoms with E-state index >= 15 is 0 Å². The topological polar surface area (TPSA) is 46.3 Å². The van der Waals surface area contributed by atoms with E-state index in [4.69, 9.17) is 5.73 Å². The van der Waals surface area contributed by atoms with Crippen molar-refractivity contribution in [2.45, 2.75) is 31.7 Å². The van der Waals surface area contributed by atoms with Crippen LogP contribution in [-0.4, -0.2) is 29.9 Å². The lowest BCUT2D eigenvalue weighted by molar-refractivity contribution is 0.0604. The first-order chi connectivity index (χ1) is 9.13. The summed E-state index contributed by atoms with van der Waals surface area (Å²) < 4.78 is 1.77. The zero-order valence-corrected chi connectivity index (χ0v) is 13.9. The summed E-state index contributed by atoms with van der Waals surface area (Å²) in [5.74, 6) is 0.103. The molecular weight excluding hydrogens is 372 g/mol. The van der Waals surface area contributed by atoms with Gasteiger partial charge in [-0.15, -0.1) is 0 Å². The minimum atomic E-state index is 0.103. The third-order valence-electron chi connectivity index (χ3n) is 3.55. The molecular formula is C14H18Br2N2O. The quantitative estimate of drug-likeness (QED) is 0.858. The summed E-state index contributed by atoms with van der Waals surface area (Å²) in [6.45, 7) is 1.47. The second-order valence-corrected chi connectivity index (χ2v) is 6.62. The monoisotopic (exact) mass is 388 g/mol. The average molecular weight is 390 g/mol. The van der Waals surface area contributed by atoms with E-state index in [1.807, 2.05) is 23.1 Å². The van der Waals surface area contributed by atoms with Crippen molar-refractivity contribution in [1.29, 1.82) is 0 Å². The zero-order valence-electron chi connectivity index (χ0n) is 10.7. The summed E-state index contributed by atoms with van der Waals surface area (Å²) in [6, 6.07) is 5.99. The lowest BCUT2D eigenvalue weighted by Crippen LogP contribution is -2.44. The van der Waals surface area contributed by atoms with Gasteiger partial charge in [0.05, 0.1) is 5.56 Å². The Morgan fingerprint density at radius 3 is 2.89 bits per heavy atom.